The predicted molar refractivity (Wildman–Crippen MR) is 106 cm³/mol. The number of carbonyl (C=O) groups excluding carboxylic acids is 1. The van der Waals surface area contributed by atoms with E-state index in [1.54, 1.807) is 0 Å². The molecule has 27 heavy (non-hydrogen) atoms. The molecule has 0 radical (unpaired) electrons. The predicted octanol–water partition coefficient (Wildman–Crippen LogP) is 3.28. The van der Waals surface area contributed by atoms with Crippen LogP contribution in [0.2, 0.25) is 0 Å². The first-order chi connectivity index (χ1) is 12.9. The Bertz CT molecular complexity index is 869. The van der Waals surface area contributed by atoms with Gasteiger partial charge in [0.2, 0.25) is 11.9 Å². The number of alkyl halides is 1. The Labute approximate surface area is 163 Å². The molecule has 2 N–H and O–H groups in total. The highest BCUT2D eigenvalue weighted by Crippen LogP contribution is 2.39. The molecular weight excluding hydrogens is 364 g/mol. The summed E-state index contributed by atoms with van der Waals surface area (Å²) in [6, 6.07) is 7.50. The Morgan fingerprint density at radius 1 is 1.30 bits per heavy atom. The number of aromatic nitrogens is 3. The molecule has 8 heteroatoms. The number of anilines is 2. The number of carbonyl (C=O) groups is 1. The van der Waals surface area contributed by atoms with Crippen LogP contribution in [0.3, 0.4) is 0 Å². The van der Waals surface area contributed by atoms with Gasteiger partial charge in [0.25, 0.3) is 0 Å². The second-order valence-electron chi connectivity index (χ2n) is 7.26. The van der Waals surface area contributed by atoms with Crippen LogP contribution < -0.4 is 10.6 Å². The van der Waals surface area contributed by atoms with E-state index in [0.717, 1.165) is 48.9 Å². The van der Waals surface area contributed by atoms with Gasteiger partial charge in [0, 0.05) is 31.8 Å². The van der Waals surface area contributed by atoms with Crippen LogP contribution in [0, 0.1) is 5.92 Å². The second-order valence-corrected chi connectivity index (χ2v) is 7.86. The lowest BCUT2D eigenvalue weighted by atomic mass is 9.98. The van der Waals surface area contributed by atoms with Crippen LogP contribution in [0.5, 0.6) is 0 Å². The Kier molecular flexibility index (Phi) is 4.55. The first kappa shape index (κ1) is 17.9. The summed E-state index contributed by atoms with van der Waals surface area (Å²) in [6.07, 6.45) is 5.83. The monoisotopic (exact) mass is 386 g/mol. The van der Waals surface area contributed by atoms with Crippen molar-refractivity contribution in [2.75, 3.05) is 23.7 Å². The minimum Gasteiger partial charge on any atom is -0.357 e. The third-order valence-electron chi connectivity index (χ3n) is 5.12. The van der Waals surface area contributed by atoms with Gasteiger partial charge in [-0.2, -0.15) is 14.8 Å². The van der Waals surface area contributed by atoms with E-state index in [1.807, 2.05) is 35.0 Å². The van der Waals surface area contributed by atoms with Gasteiger partial charge in [-0.1, -0.05) is 30.7 Å². The van der Waals surface area contributed by atoms with E-state index < -0.39 is 5.00 Å². The molecule has 2 aliphatic heterocycles. The molecule has 0 bridgehead atoms. The maximum absolute atomic E-state index is 11.2. The number of fused-ring (bicyclic) bond motifs is 1. The van der Waals surface area contributed by atoms with E-state index in [1.165, 1.54) is 13.3 Å². The van der Waals surface area contributed by atoms with Crippen molar-refractivity contribution in [1.29, 1.82) is 0 Å². The molecule has 1 saturated heterocycles. The lowest BCUT2D eigenvalue weighted by Crippen LogP contribution is -2.40. The molecule has 7 nitrogen and oxygen atoms in total. The molecule has 0 spiro atoms. The zero-order valence-electron chi connectivity index (χ0n) is 15.4. The third-order valence-corrected chi connectivity index (χ3v) is 5.54. The van der Waals surface area contributed by atoms with Gasteiger partial charge in [-0.05, 0) is 36.5 Å². The Morgan fingerprint density at radius 2 is 2.00 bits per heavy atom. The van der Waals surface area contributed by atoms with Crippen LogP contribution in [-0.4, -0.2) is 38.7 Å². The van der Waals surface area contributed by atoms with Crippen LogP contribution in [0.4, 0.5) is 11.6 Å². The third kappa shape index (κ3) is 3.51. The van der Waals surface area contributed by atoms with Crippen molar-refractivity contribution in [2.24, 2.45) is 5.92 Å². The summed E-state index contributed by atoms with van der Waals surface area (Å²) >= 11 is 7.00. The van der Waals surface area contributed by atoms with Crippen molar-refractivity contribution in [3.63, 3.8) is 0 Å². The Morgan fingerprint density at radius 3 is 2.67 bits per heavy atom. The van der Waals surface area contributed by atoms with E-state index in [-0.39, 0.29) is 5.91 Å². The summed E-state index contributed by atoms with van der Waals surface area (Å²) in [6.45, 7) is 5.72. The second kappa shape index (κ2) is 6.88. The molecule has 1 amide bonds. The van der Waals surface area contributed by atoms with Crippen molar-refractivity contribution >= 4 is 35.0 Å². The van der Waals surface area contributed by atoms with E-state index in [2.05, 4.69) is 32.5 Å². The summed E-state index contributed by atoms with van der Waals surface area (Å²) in [4.78, 5) is 16.9. The standard InChI is InChI=1S/C19H23ClN6O/c1-13-7-9-25(10-8-13)17-11-19(20,24-18-21-12-22-26(17)18)15-3-5-16(6-4-15)23-14(2)27/h3-6,11-13H,7-10H2,1-2H3,(H,23,27)(H,21,22,24). The molecule has 142 valence electrons. The molecule has 4 rings (SSSR count). The first-order valence-electron chi connectivity index (χ1n) is 9.18. The quantitative estimate of drug-likeness (QED) is 0.625. The maximum Gasteiger partial charge on any atom is 0.229 e. The number of benzene rings is 1. The summed E-state index contributed by atoms with van der Waals surface area (Å²) in [5.74, 6) is 2.20. The fraction of sp³-hybridized carbons (Fsp3) is 0.421. The molecule has 1 unspecified atom stereocenters. The van der Waals surface area contributed by atoms with Gasteiger partial charge in [0.1, 0.15) is 12.1 Å². The van der Waals surface area contributed by atoms with Gasteiger partial charge in [0.05, 0.1) is 0 Å². The number of piperidine rings is 1. The number of nitrogens with one attached hydrogen (secondary N) is 2. The van der Waals surface area contributed by atoms with Crippen molar-refractivity contribution in [3.8, 4) is 0 Å². The SMILES string of the molecule is CC(=O)Nc1ccc(C2(Cl)C=C(N3CCC(C)CC3)n3ncnc3N2)cc1. The van der Waals surface area contributed by atoms with Gasteiger partial charge in [-0.3, -0.25) is 4.79 Å². The molecule has 0 saturated carbocycles. The van der Waals surface area contributed by atoms with Gasteiger partial charge >= 0.3 is 0 Å². The minimum absolute atomic E-state index is 0.103. The molecule has 1 atom stereocenters. The molecule has 1 aromatic carbocycles. The molecule has 0 aliphatic carbocycles. The first-order valence-corrected chi connectivity index (χ1v) is 9.56. The van der Waals surface area contributed by atoms with Crippen LogP contribution in [0.25, 0.3) is 5.82 Å². The number of amides is 1. The lowest BCUT2D eigenvalue weighted by Gasteiger charge is -2.38. The summed E-state index contributed by atoms with van der Waals surface area (Å²) in [5, 5.41) is 10.4. The number of rotatable bonds is 3. The summed E-state index contributed by atoms with van der Waals surface area (Å²) < 4.78 is 1.81. The van der Waals surface area contributed by atoms with E-state index in [4.69, 9.17) is 11.6 Å². The van der Waals surface area contributed by atoms with E-state index in [9.17, 15) is 4.79 Å². The van der Waals surface area contributed by atoms with Crippen molar-refractivity contribution in [2.45, 2.75) is 31.7 Å². The van der Waals surface area contributed by atoms with Gasteiger partial charge in [-0.25, -0.2) is 0 Å². The number of hydrogen-bond acceptors (Lipinski definition) is 5. The minimum atomic E-state index is -0.934. The number of likely N-dealkylation sites (tertiary alicyclic amines) is 1. The molecule has 2 aromatic rings. The number of halogens is 1. The lowest BCUT2D eigenvalue weighted by molar-refractivity contribution is -0.114. The summed E-state index contributed by atoms with van der Waals surface area (Å²) in [5.41, 5.74) is 1.61. The topological polar surface area (TPSA) is 75.1 Å². The molecule has 3 heterocycles. The van der Waals surface area contributed by atoms with Crippen molar-refractivity contribution in [3.05, 3.63) is 42.2 Å². The van der Waals surface area contributed by atoms with Gasteiger partial charge < -0.3 is 15.5 Å². The Hall–Kier alpha value is -2.54. The van der Waals surface area contributed by atoms with E-state index >= 15 is 0 Å². The smallest absolute Gasteiger partial charge is 0.229 e. The maximum atomic E-state index is 11.2. The van der Waals surface area contributed by atoms with Gasteiger partial charge in [-0.15, -0.1) is 0 Å². The normalized spacial score (nSPS) is 22.6. The van der Waals surface area contributed by atoms with Crippen LogP contribution in [0.1, 0.15) is 32.3 Å². The van der Waals surface area contributed by atoms with Crippen molar-refractivity contribution in [1.82, 2.24) is 19.7 Å². The summed E-state index contributed by atoms with van der Waals surface area (Å²) in [7, 11) is 0. The average molecular weight is 387 g/mol. The number of nitrogens with zero attached hydrogens (tertiary/aromatic N) is 4. The molecule has 1 fully saturated rings. The number of hydrogen-bond donors (Lipinski definition) is 2. The Balaban J connectivity index is 1.67. The van der Waals surface area contributed by atoms with Crippen LogP contribution in [-0.2, 0) is 9.79 Å². The zero-order chi connectivity index (χ0) is 19.0. The largest absolute Gasteiger partial charge is 0.357 e. The van der Waals surface area contributed by atoms with Crippen molar-refractivity contribution < 1.29 is 4.79 Å². The fourth-order valence-electron chi connectivity index (χ4n) is 3.55. The molecular formula is C19H23ClN6O. The average Bonchev–Trinajstić information content (AvgIpc) is 3.10. The van der Waals surface area contributed by atoms with Gasteiger partial charge in [0.15, 0.2) is 5.00 Å². The van der Waals surface area contributed by atoms with Crippen LogP contribution >= 0.6 is 11.6 Å². The highest BCUT2D eigenvalue weighted by atomic mass is 35.5. The van der Waals surface area contributed by atoms with E-state index in [0.29, 0.717) is 5.95 Å². The highest BCUT2D eigenvalue weighted by molar-refractivity contribution is 6.27. The van der Waals surface area contributed by atoms with Crippen LogP contribution in [0.15, 0.2) is 36.7 Å². The highest BCUT2D eigenvalue weighted by Gasteiger charge is 2.36. The fourth-order valence-corrected chi connectivity index (χ4v) is 3.86. The molecule has 2 aliphatic rings. The zero-order valence-corrected chi connectivity index (χ0v) is 16.2. The molecule has 1 aromatic heterocycles.